The van der Waals surface area contributed by atoms with Crippen molar-refractivity contribution in [2.24, 2.45) is 0 Å². The molecule has 1 rings (SSSR count). The summed E-state index contributed by atoms with van der Waals surface area (Å²) in [5.74, 6) is -3.14. The second-order valence-electron chi connectivity index (χ2n) is 4.93. The van der Waals surface area contributed by atoms with Crippen LogP contribution in [0.2, 0.25) is 0 Å². The van der Waals surface area contributed by atoms with Gasteiger partial charge in [0.2, 0.25) is 0 Å². The van der Waals surface area contributed by atoms with E-state index < -0.39 is 18.2 Å². The number of aliphatic hydroxyl groups is 2. The lowest BCUT2D eigenvalue weighted by Gasteiger charge is -2.08. The van der Waals surface area contributed by atoms with Crippen LogP contribution in [0, 0.1) is 0 Å². The second kappa shape index (κ2) is 17.4. The molecule has 1 aliphatic heterocycles. The molecule has 0 aliphatic carbocycles. The smallest absolute Gasteiger partial charge is 0.328 e. The summed E-state index contributed by atoms with van der Waals surface area (Å²) in [6.07, 6.45) is 3.13. The van der Waals surface area contributed by atoms with Gasteiger partial charge in [0, 0.05) is 12.2 Å². The van der Waals surface area contributed by atoms with Crippen LogP contribution in [-0.4, -0.2) is 63.8 Å². The zero-order valence-corrected chi connectivity index (χ0v) is 14.6. The number of carboxylic acid groups (broad SMARTS) is 2. The summed E-state index contributed by atoms with van der Waals surface area (Å²) in [5, 5.41) is 31.8. The Morgan fingerprint density at radius 3 is 1.58 bits per heavy atom. The molecule has 0 amide bonds. The van der Waals surface area contributed by atoms with Crippen molar-refractivity contribution in [1.82, 2.24) is 0 Å². The number of esters is 2. The second-order valence-corrected chi connectivity index (χ2v) is 4.93. The van der Waals surface area contributed by atoms with Gasteiger partial charge in [0.15, 0.2) is 6.29 Å². The maximum absolute atomic E-state index is 10.8. The predicted octanol–water partition coefficient (Wildman–Crippen LogP) is 0.456. The van der Waals surface area contributed by atoms with Crippen LogP contribution in [0.1, 0.15) is 45.4 Å². The number of carboxylic acids is 2. The van der Waals surface area contributed by atoms with Gasteiger partial charge in [-0.2, -0.15) is 0 Å². The van der Waals surface area contributed by atoms with Crippen LogP contribution in [0.5, 0.6) is 0 Å². The zero-order valence-electron chi connectivity index (χ0n) is 14.6. The molecule has 150 valence electrons. The number of aliphatic hydroxyl groups excluding tert-OH is 1. The number of cyclic esters (lactones) is 2. The predicted molar refractivity (Wildman–Crippen MR) is 87.9 cm³/mol. The maximum Gasteiger partial charge on any atom is 0.328 e. The molecule has 1 aliphatic rings. The largest absolute Gasteiger partial charge is 0.478 e. The van der Waals surface area contributed by atoms with E-state index in [0.717, 1.165) is 19.3 Å². The first-order chi connectivity index (χ1) is 12.2. The Morgan fingerprint density at radius 1 is 0.962 bits per heavy atom. The highest BCUT2D eigenvalue weighted by Gasteiger charge is 2.10. The summed E-state index contributed by atoms with van der Waals surface area (Å²) in [6.45, 7) is 2.78. The summed E-state index contributed by atoms with van der Waals surface area (Å²) in [5.41, 5.74) is 0. The van der Waals surface area contributed by atoms with Crippen LogP contribution < -0.4 is 0 Å². The summed E-state index contributed by atoms with van der Waals surface area (Å²) in [7, 11) is 0. The molecule has 0 atom stereocenters. The summed E-state index contributed by atoms with van der Waals surface area (Å²) < 4.78 is 9.64. The molecule has 1 fully saturated rings. The number of carbonyl (C=O) groups excluding carboxylic acids is 2. The minimum Gasteiger partial charge on any atom is -0.478 e. The lowest BCUT2D eigenvalue weighted by atomic mass is 10.3. The topological polar surface area (TPSA) is 168 Å². The van der Waals surface area contributed by atoms with E-state index in [2.05, 4.69) is 0 Å². The van der Waals surface area contributed by atoms with Crippen molar-refractivity contribution in [3.8, 4) is 0 Å². The first-order valence-corrected chi connectivity index (χ1v) is 8.00. The van der Waals surface area contributed by atoms with Crippen molar-refractivity contribution in [2.75, 3.05) is 13.2 Å². The van der Waals surface area contributed by atoms with Crippen LogP contribution in [0.25, 0.3) is 0 Å². The van der Waals surface area contributed by atoms with Crippen molar-refractivity contribution in [3.63, 3.8) is 0 Å². The molecule has 0 aromatic carbocycles. The van der Waals surface area contributed by atoms with Gasteiger partial charge in [0.1, 0.15) is 0 Å². The van der Waals surface area contributed by atoms with Gasteiger partial charge in [-0.3, -0.25) is 9.59 Å². The lowest BCUT2D eigenvalue weighted by molar-refractivity contribution is -0.152. The van der Waals surface area contributed by atoms with Crippen LogP contribution in [0.3, 0.4) is 0 Å². The molecular weight excluding hydrogens is 352 g/mol. The standard InChI is InChI=1S/C8H12O4.C4H4O4.C4H10O2/c9-7-3-4-8(10)12-6-2-1-5-11-7;5-3(6)1-2-4(7)8;1-2-3-4(5)6/h1-6H2;1-2H,(H,5,6)(H,7,8);4-6H,2-3H2,1H3/b;2-1-;. The Labute approximate surface area is 151 Å². The third-order valence-electron chi connectivity index (χ3n) is 2.51. The number of carbonyl (C=O) groups is 4. The molecule has 0 aromatic heterocycles. The van der Waals surface area contributed by atoms with Crippen molar-refractivity contribution >= 4 is 23.9 Å². The van der Waals surface area contributed by atoms with Gasteiger partial charge in [0.25, 0.3) is 0 Å². The van der Waals surface area contributed by atoms with E-state index >= 15 is 0 Å². The zero-order chi connectivity index (χ0) is 20.4. The van der Waals surface area contributed by atoms with Crippen molar-refractivity contribution < 1.29 is 49.1 Å². The number of ether oxygens (including phenoxy) is 2. The Bertz CT molecular complexity index is 420. The van der Waals surface area contributed by atoms with Gasteiger partial charge in [-0.05, 0) is 19.3 Å². The molecule has 0 radical (unpaired) electrons. The normalized spacial score (nSPS) is 14.9. The van der Waals surface area contributed by atoms with Crippen molar-refractivity contribution in [2.45, 2.75) is 51.7 Å². The summed E-state index contributed by atoms with van der Waals surface area (Å²) in [4.78, 5) is 40.7. The highest BCUT2D eigenvalue weighted by atomic mass is 16.5. The quantitative estimate of drug-likeness (QED) is 0.306. The number of hydrogen-bond acceptors (Lipinski definition) is 8. The van der Waals surface area contributed by atoms with E-state index in [9.17, 15) is 19.2 Å². The van der Waals surface area contributed by atoms with E-state index in [1.54, 1.807) is 0 Å². The van der Waals surface area contributed by atoms with Gasteiger partial charge >= 0.3 is 23.9 Å². The molecule has 0 unspecified atom stereocenters. The monoisotopic (exact) mass is 378 g/mol. The average molecular weight is 378 g/mol. The fourth-order valence-corrected chi connectivity index (χ4v) is 1.33. The van der Waals surface area contributed by atoms with E-state index in [1.807, 2.05) is 6.92 Å². The van der Waals surface area contributed by atoms with E-state index in [0.29, 0.717) is 31.8 Å². The highest BCUT2D eigenvalue weighted by molar-refractivity contribution is 5.89. The molecule has 10 nitrogen and oxygen atoms in total. The molecule has 4 N–H and O–H groups in total. The first kappa shape index (κ1) is 25.8. The molecule has 0 spiro atoms. The maximum atomic E-state index is 10.8. The minimum absolute atomic E-state index is 0.138. The van der Waals surface area contributed by atoms with Gasteiger partial charge in [0.05, 0.1) is 26.1 Å². The Hall–Kier alpha value is -2.46. The number of rotatable bonds is 4. The third-order valence-corrected chi connectivity index (χ3v) is 2.51. The van der Waals surface area contributed by atoms with E-state index in [1.165, 1.54) is 0 Å². The Balaban J connectivity index is 0. The number of hydrogen-bond donors (Lipinski definition) is 4. The fraction of sp³-hybridized carbons (Fsp3) is 0.625. The molecular formula is C16H26O10. The Morgan fingerprint density at radius 2 is 1.35 bits per heavy atom. The molecule has 0 bridgehead atoms. The van der Waals surface area contributed by atoms with Crippen LogP contribution in [0.15, 0.2) is 12.2 Å². The SMILES string of the molecule is CCCC(O)O.O=C(O)/C=C\C(=O)O.O=C1CCC(=O)OCCCCO1. The molecule has 26 heavy (non-hydrogen) atoms. The van der Waals surface area contributed by atoms with Crippen molar-refractivity contribution in [1.29, 1.82) is 0 Å². The van der Waals surface area contributed by atoms with Gasteiger partial charge in [-0.25, -0.2) is 9.59 Å². The minimum atomic E-state index is -1.26. The third kappa shape index (κ3) is 23.8. The van der Waals surface area contributed by atoms with Gasteiger partial charge < -0.3 is 29.9 Å². The van der Waals surface area contributed by atoms with Crippen LogP contribution in [0.4, 0.5) is 0 Å². The summed E-state index contributed by atoms with van der Waals surface area (Å²) >= 11 is 0. The fourth-order valence-electron chi connectivity index (χ4n) is 1.33. The van der Waals surface area contributed by atoms with Gasteiger partial charge in [-0.1, -0.05) is 13.3 Å². The van der Waals surface area contributed by atoms with E-state index in [4.69, 9.17) is 29.9 Å². The average Bonchev–Trinajstić information content (AvgIpc) is 2.55. The summed E-state index contributed by atoms with van der Waals surface area (Å²) in [6, 6.07) is 0. The van der Waals surface area contributed by atoms with Crippen LogP contribution in [-0.2, 0) is 28.7 Å². The molecule has 1 saturated heterocycles. The highest BCUT2D eigenvalue weighted by Crippen LogP contribution is 2.01. The molecule has 10 heteroatoms. The molecule has 1 heterocycles. The lowest BCUT2D eigenvalue weighted by Crippen LogP contribution is -2.14. The van der Waals surface area contributed by atoms with Crippen molar-refractivity contribution in [3.05, 3.63) is 12.2 Å². The first-order valence-electron chi connectivity index (χ1n) is 8.00. The van der Waals surface area contributed by atoms with Gasteiger partial charge in [-0.15, -0.1) is 0 Å². The molecule has 0 aromatic rings. The molecule has 0 saturated carbocycles. The Kier molecular flexibility index (Phi) is 17.2. The van der Waals surface area contributed by atoms with E-state index in [-0.39, 0.29) is 24.8 Å². The number of aliphatic carboxylic acids is 2. The van der Waals surface area contributed by atoms with Crippen LogP contribution >= 0.6 is 0 Å².